The predicted molar refractivity (Wildman–Crippen MR) is 177 cm³/mol. The van der Waals surface area contributed by atoms with Crippen molar-refractivity contribution in [3.63, 3.8) is 0 Å². The zero-order valence-corrected chi connectivity index (χ0v) is 28.9. The van der Waals surface area contributed by atoms with Crippen LogP contribution in [-0.2, 0) is 35.1 Å². The van der Waals surface area contributed by atoms with E-state index in [-0.39, 0.29) is 56.0 Å². The minimum absolute atomic E-state index is 0.0149. The van der Waals surface area contributed by atoms with Crippen molar-refractivity contribution in [3.8, 4) is 5.75 Å². The van der Waals surface area contributed by atoms with Crippen molar-refractivity contribution in [3.05, 3.63) is 29.6 Å². The lowest BCUT2D eigenvalue weighted by Gasteiger charge is -2.38. The highest BCUT2D eigenvalue weighted by molar-refractivity contribution is 5.93. The predicted octanol–water partition coefficient (Wildman–Crippen LogP) is 2.05. The van der Waals surface area contributed by atoms with Crippen molar-refractivity contribution in [1.29, 1.82) is 0 Å². The molecule has 2 aliphatic rings. The Hall–Kier alpha value is -4.43. The summed E-state index contributed by atoms with van der Waals surface area (Å²) in [6, 6.07) is 1.64. The van der Waals surface area contributed by atoms with Crippen LogP contribution in [0.1, 0.15) is 91.0 Å². The number of benzene rings is 1. The van der Waals surface area contributed by atoms with Crippen molar-refractivity contribution in [2.45, 2.75) is 122 Å². The van der Waals surface area contributed by atoms with Crippen molar-refractivity contribution >= 4 is 35.6 Å². The first-order valence-corrected chi connectivity index (χ1v) is 16.9. The minimum atomic E-state index is -1.15. The lowest BCUT2D eigenvalue weighted by atomic mass is 10.0. The molecule has 0 bridgehead atoms. The summed E-state index contributed by atoms with van der Waals surface area (Å²) in [5.41, 5.74) is 10.2. The maximum atomic E-state index is 15.3. The summed E-state index contributed by atoms with van der Waals surface area (Å²) in [5, 5.41) is 5.47. The fraction of sp³-hybridized carbons (Fsp3) is 0.647. The van der Waals surface area contributed by atoms with Crippen molar-refractivity contribution < 1.29 is 42.6 Å². The van der Waals surface area contributed by atoms with Crippen LogP contribution in [0.25, 0.3) is 0 Å². The van der Waals surface area contributed by atoms with E-state index in [0.717, 1.165) is 0 Å². The Labute approximate surface area is 286 Å². The molecule has 2 fully saturated rings. The van der Waals surface area contributed by atoms with Gasteiger partial charge in [0.2, 0.25) is 29.5 Å². The molecule has 0 radical (unpaired) electrons. The summed E-state index contributed by atoms with van der Waals surface area (Å²) >= 11 is 0. The SMILES string of the molecule is CC(=O)N1CC[C@H]2CC[C@@H](C(=O)N[C@@H](CCC(N)=O)COc3cccc(CCCCCC(N)=O)c3F)N2C(=O)[C@@H](NC(=O)OC(C)(C)C)C1. The molecule has 0 aliphatic carbocycles. The van der Waals surface area contributed by atoms with E-state index in [4.69, 9.17) is 20.9 Å². The minimum Gasteiger partial charge on any atom is -0.488 e. The van der Waals surface area contributed by atoms with Crippen LogP contribution in [0.3, 0.4) is 0 Å². The van der Waals surface area contributed by atoms with E-state index >= 15 is 4.39 Å². The third-order valence-electron chi connectivity index (χ3n) is 8.57. The third kappa shape index (κ3) is 12.2. The van der Waals surface area contributed by atoms with Gasteiger partial charge in [-0.3, -0.25) is 24.0 Å². The smallest absolute Gasteiger partial charge is 0.408 e. The Balaban J connectivity index is 1.73. The Morgan fingerprint density at radius 1 is 1.02 bits per heavy atom. The molecular formula is C34H51FN6O8. The molecule has 6 amide bonds. The second kappa shape index (κ2) is 17.8. The van der Waals surface area contributed by atoms with Crippen molar-refractivity contribution in [1.82, 2.24) is 20.4 Å². The number of nitrogens with two attached hydrogens (primary N) is 2. The number of carbonyl (C=O) groups is 6. The number of hydrogen-bond acceptors (Lipinski definition) is 8. The molecule has 2 saturated heterocycles. The van der Waals surface area contributed by atoms with Gasteiger partial charge in [0.25, 0.3) is 0 Å². The number of nitrogens with one attached hydrogen (secondary N) is 2. The van der Waals surface area contributed by atoms with Crippen molar-refractivity contribution in [2.24, 2.45) is 11.5 Å². The molecule has 0 spiro atoms. The van der Waals surface area contributed by atoms with Gasteiger partial charge in [-0.15, -0.1) is 0 Å². The molecule has 6 N–H and O–H groups in total. The molecule has 0 unspecified atom stereocenters. The summed E-state index contributed by atoms with van der Waals surface area (Å²) in [4.78, 5) is 78.3. The molecule has 0 aromatic heterocycles. The highest BCUT2D eigenvalue weighted by Gasteiger charge is 2.45. The number of amides is 6. The second-order valence-corrected chi connectivity index (χ2v) is 13.7. The van der Waals surface area contributed by atoms with E-state index in [1.165, 1.54) is 22.8 Å². The number of fused-ring (bicyclic) bond motifs is 1. The summed E-state index contributed by atoms with van der Waals surface area (Å²) in [6.07, 6.45) is 3.20. The van der Waals surface area contributed by atoms with Crippen LogP contribution in [0, 0.1) is 5.82 Å². The monoisotopic (exact) mass is 690 g/mol. The van der Waals surface area contributed by atoms with E-state index < -0.39 is 53.4 Å². The molecule has 2 aliphatic heterocycles. The zero-order chi connectivity index (χ0) is 36.3. The molecule has 0 saturated carbocycles. The average molecular weight is 691 g/mol. The molecule has 272 valence electrons. The Kier molecular flexibility index (Phi) is 14.2. The van der Waals surface area contributed by atoms with Crippen LogP contribution in [-0.4, -0.2) is 94.9 Å². The number of rotatable bonds is 15. The fourth-order valence-corrected chi connectivity index (χ4v) is 6.13. The maximum Gasteiger partial charge on any atom is 0.408 e. The highest BCUT2D eigenvalue weighted by atomic mass is 19.1. The van der Waals surface area contributed by atoms with Crippen LogP contribution < -0.4 is 26.8 Å². The van der Waals surface area contributed by atoms with Gasteiger partial charge in [-0.1, -0.05) is 18.6 Å². The zero-order valence-electron chi connectivity index (χ0n) is 28.9. The number of carbonyl (C=O) groups excluding carboxylic acids is 6. The molecule has 14 nitrogen and oxygen atoms in total. The first-order valence-electron chi connectivity index (χ1n) is 16.9. The van der Waals surface area contributed by atoms with Crippen LogP contribution in [0.2, 0.25) is 0 Å². The number of nitrogens with zero attached hydrogens (tertiary/aromatic N) is 2. The van der Waals surface area contributed by atoms with Crippen LogP contribution >= 0.6 is 0 Å². The Bertz CT molecular complexity index is 1370. The van der Waals surface area contributed by atoms with Crippen LogP contribution in [0.4, 0.5) is 9.18 Å². The van der Waals surface area contributed by atoms with Gasteiger partial charge in [0.1, 0.15) is 24.3 Å². The van der Waals surface area contributed by atoms with E-state index in [2.05, 4.69) is 10.6 Å². The standard InChI is InChI=1S/C34H51FN6O8/c1-21(42)40-18-17-24-14-15-26(41(24)32(46)25(19-40)39-33(47)49-34(2,3)4)31(45)38-23(13-16-29(37)44)20-48-27-11-8-10-22(30(27)35)9-6-5-7-12-28(36)43/h8,10-11,23-26H,5-7,9,12-20H2,1-4H3,(H2,36,43)(H2,37,44)(H,38,45)(H,39,47)/t23-,24+,25-,26-/m0/s1. The summed E-state index contributed by atoms with van der Waals surface area (Å²) < 4.78 is 26.5. The van der Waals surface area contributed by atoms with E-state index in [1.807, 2.05) is 0 Å². The lowest BCUT2D eigenvalue weighted by molar-refractivity contribution is -0.145. The normalized spacial score (nSPS) is 20.0. The summed E-state index contributed by atoms with van der Waals surface area (Å²) in [5.74, 6) is -2.76. The van der Waals surface area contributed by atoms with Gasteiger partial charge >= 0.3 is 6.09 Å². The molecule has 1 aromatic carbocycles. The number of halogens is 1. The fourth-order valence-electron chi connectivity index (χ4n) is 6.13. The molecule has 2 heterocycles. The van der Waals surface area contributed by atoms with Gasteiger partial charge in [-0.25, -0.2) is 9.18 Å². The molecule has 4 atom stereocenters. The third-order valence-corrected chi connectivity index (χ3v) is 8.57. The molecule has 1 aromatic rings. The Morgan fingerprint density at radius 2 is 1.73 bits per heavy atom. The molecule has 49 heavy (non-hydrogen) atoms. The molecular weight excluding hydrogens is 639 g/mol. The topological polar surface area (TPSA) is 203 Å². The largest absolute Gasteiger partial charge is 0.488 e. The maximum absolute atomic E-state index is 15.3. The van der Waals surface area contributed by atoms with Gasteiger partial charge in [0, 0.05) is 32.4 Å². The van der Waals surface area contributed by atoms with Gasteiger partial charge in [0.05, 0.1) is 12.6 Å². The second-order valence-electron chi connectivity index (χ2n) is 13.7. The van der Waals surface area contributed by atoms with Crippen LogP contribution in [0.5, 0.6) is 5.75 Å². The van der Waals surface area contributed by atoms with Crippen molar-refractivity contribution in [2.75, 3.05) is 19.7 Å². The van der Waals surface area contributed by atoms with E-state index in [0.29, 0.717) is 57.1 Å². The summed E-state index contributed by atoms with van der Waals surface area (Å²) in [7, 11) is 0. The first-order chi connectivity index (χ1) is 23.1. The summed E-state index contributed by atoms with van der Waals surface area (Å²) in [6.45, 7) is 6.53. The number of primary amides is 2. The molecule has 3 rings (SSSR count). The van der Waals surface area contributed by atoms with E-state index in [9.17, 15) is 28.8 Å². The lowest BCUT2D eigenvalue weighted by Crippen LogP contribution is -2.61. The number of hydrogen-bond donors (Lipinski definition) is 4. The quantitative estimate of drug-likeness (QED) is 0.200. The first kappa shape index (κ1) is 39.0. The van der Waals surface area contributed by atoms with Gasteiger partial charge in [0.15, 0.2) is 11.6 Å². The van der Waals surface area contributed by atoms with E-state index in [1.54, 1.807) is 32.9 Å². The number of alkyl carbamates (subject to hydrolysis) is 1. The highest BCUT2D eigenvalue weighted by Crippen LogP contribution is 2.30. The Morgan fingerprint density at radius 3 is 2.39 bits per heavy atom. The van der Waals surface area contributed by atoms with Crippen LogP contribution in [0.15, 0.2) is 18.2 Å². The molecule has 15 heteroatoms. The number of unbranched alkanes of at least 4 members (excludes halogenated alkanes) is 2. The van der Waals surface area contributed by atoms with Gasteiger partial charge < -0.3 is 41.4 Å². The number of aryl methyl sites for hydroxylation is 1. The number of ether oxygens (including phenoxy) is 2. The van der Waals surface area contributed by atoms with Gasteiger partial charge in [-0.2, -0.15) is 0 Å². The average Bonchev–Trinajstić information content (AvgIpc) is 3.42. The van der Waals surface area contributed by atoms with Gasteiger partial charge in [-0.05, 0) is 77.3 Å².